The van der Waals surface area contributed by atoms with Crippen LogP contribution in [0.1, 0.15) is 51.4 Å². The van der Waals surface area contributed by atoms with Crippen molar-refractivity contribution < 1.29 is 9.59 Å². The Bertz CT molecular complexity index is 509. The molecule has 4 heteroatoms. The van der Waals surface area contributed by atoms with Crippen molar-refractivity contribution in [3.63, 3.8) is 0 Å². The van der Waals surface area contributed by atoms with E-state index in [1.54, 1.807) is 11.9 Å². The van der Waals surface area contributed by atoms with Gasteiger partial charge in [0.1, 0.15) is 0 Å². The van der Waals surface area contributed by atoms with Crippen LogP contribution in [0.4, 0.5) is 5.69 Å². The Morgan fingerprint density at radius 1 is 0.957 bits per heavy atom. The van der Waals surface area contributed by atoms with Gasteiger partial charge >= 0.3 is 0 Å². The highest BCUT2D eigenvalue weighted by atomic mass is 16.2. The second-order valence-corrected chi connectivity index (χ2v) is 6.44. The van der Waals surface area contributed by atoms with Gasteiger partial charge in [0, 0.05) is 38.7 Å². The zero-order valence-corrected chi connectivity index (χ0v) is 14.3. The highest BCUT2D eigenvalue weighted by molar-refractivity contribution is 5.93. The molecule has 1 fully saturated rings. The minimum atomic E-state index is 0.0596. The van der Waals surface area contributed by atoms with E-state index < -0.39 is 0 Å². The van der Waals surface area contributed by atoms with Crippen molar-refractivity contribution >= 4 is 17.5 Å². The van der Waals surface area contributed by atoms with Crippen LogP contribution in [-0.2, 0) is 9.59 Å². The van der Waals surface area contributed by atoms with E-state index in [1.165, 1.54) is 19.3 Å². The summed E-state index contributed by atoms with van der Waals surface area (Å²) in [7, 11) is 3.70. The van der Waals surface area contributed by atoms with E-state index in [4.69, 9.17) is 0 Å². The average Bonchev–Trinajstić information content (AvgIpc) is 2.61. The Kier molecular flexibility index (Phi) is 6.63. The summed E-state index contributed by atoms with van der Waals surface area (Å²) in [6, 6.07) is 10.0. The first-order valence-corrected chi connectivity index (χ1v) is 8.67. The highest BCUT2D eigenvalue weighted by Crippen LogP contribution is 2.22. The molecule has 0 spiro atoms. The second-order valence-electron chi connectivity index (χ2n) is 6.44. The molecule has 0 heterocycles. The molecule has 0 saturated heterocycles. The summed E-state index contributed by atoms with van der Waals surface area (Å²) in [6.45, 7) is 0. The molecule has 23 heavy (non-hydrogen) atoms. The monoisotopic (exact) mass is 316 g/mol. The quantitative estimate of drug-likeness (QED) is 0.804. The fourth-order valence-electron chi connectivity index (χ4n) is 3.20. The summed E-state index contributed by atoms with van der Waals surface area (Å²) in [5.41, 5.74) is 0.892. The smallest absolute Gasteiger partial charge is 0.226 e. The summed E-state index contributed by atoms with van der Waals surface area (Å²) < 4.78 is 0. The maximum Gasteiger partial charge on any atom is 0.226 e. The van der Waals surface area contributed by atoms with Crippen LogP contribution in [-0.4, -0.2) is 36.9 Å². The van der Waals surface area contributed by atoms with Gasteiger partial charge < -0.3 is 9.80 Å². The van der Waals surface area contributed by atoms with Crippen molar-refractivity contribution in [1.82, 2.24) is 4.90 Å². The number of benzene rings is 1. The zero-order chi connectivity index (χ0) is 16.7. The van der Waals surface area contributed by atoms with Gasteiger partial charge in [0.2, 0.25) is 11.8 Å². The van der Waals surface area contributed by atoms with E-state index in [1.807, 2.05) is 42.3 Å². The van der Waals surface area contributed by atoms with E-state index in [0.29, 0.717) is 25.3 Å². The van der Waals surface area contributed by atoms with Gasteiger partial charge in [0.15, 0.2) is 0 Å². The third-order valence-corrected chi connectivity index (χ3v) is 4.81. The molecule has 126 valence electrons. The number of hydrogen-bond acceptors (Lipinski definition) is 2. The summed E-state index contributed by atoms with van der Waals surface area (Å²) in [5, 5.41) is 0. The first-order valence-electron chi connectivity index (χ1n) is 8.67. The van der Waals surface area contributed by atoms with Gasteiger partial charge in [-0.3, -0.25) is 9.59 Å². The van der Waals surface area contributed by atoms with Crippen molar-refractivity contribution in [3.05, 3.63) is 30.3 Å². The summed E-state index contributed by atoms with van der Waals surface area (Å²) >= 11 is 0. The molecule has 1 aliphatic carbocycles. The van der Waals surface area contributed by atoms with E-state index in [2.05, 4.69) is 0 Å². The van der Waals surface area contributed by atoms with Crippen molar-refractivity contribution in [2.75, 3.05) is 19.0 Å². The molecule has 0 bridgehead atoms. The Hall–Kier alpha value is -1.84. The number of rotatable bonds is 6. The van der Waals surface area contributed by atoms with Crippen LogP contribution >= 0.6 is 0 Å². The van der Waals surface area contributed by atoms with Crippen molar-refractivity contribution in [3.8, 4) is 0 Å². The minimum Gasteiger partial charge on any atom is -0.343 e. The lowest BCUT2D eigenvalue weighted by Gasteiger charge is -2.31. The summed E-state index contributed by atoms with van der Waals surface area (Å²) in [6.07, 6.45) is 7.48. The maximum atomic E-state index is 12.3. The van der Waals surface area contributed by atoms with Crippen molar-refractivity contribution in [2.24, 2.45) is 0 Å². The van der Waals surface area contributed by atoms with Gasteiger partial charge in [-0.05, 0) is 31.4 Å². The minimum absolute atomic E-state index is 0.0596. The van der Waals surface area contributed by atoms with Crippen LogP contribution in [0.15, 0.2) is 30.3 Å². The average molecular weight is 316 g/mol. The molecule has 1 aromatic carbocycles. The standard InChI is InChI=1S/C19H28N2O2/c1-20(16-10-5-3-6-11-16)18(22)14-9-15-19(23)21(2)17-12-7-4-8-13-17/h3,5-6,10-11,17H,4,7-9,12-15H2,1-2H3. The Morgan fingerprint density at radius 2 is 1.57 bits per heavy atom. The largest absolute Gasteiger partial charge is 0.343 e. The number of nitrogens with zero attached hydrogens (tertiary/aromatic N) is 2. The number of carbonyl (C=O) groups is 2. The first-order chi connectivity index (χ1) is 11.1. The third-order valence-electron chi connectivity index (χ3n) is 4.81. The molecule has 2 rings (SSSR count). The molecule has 1 aromatic rings. The van der Waals surface area contributed by atoms with Gasteiger partial charge in [-0.2, -0.15) is 0 Å². The van der Waals surface area contributed by atoms with Gasteiger partial charge in [-0.15, -0.1) is 0 Å². The van der Waals surface area contributed by atoms with Crippen LogP contribution in [0.2, 0.25) is 0 Å². The zero-order valence-electron chi connectivity index (χ0n) is 14.3. The molecule has 0 atom stereocenters. The van der Waals surface area contributed by atoms with Crippen LogP contribution in [0.3, 0.4) is 0 Å². The third kappa shape index (κ3) is 5.08. The number of hydrogen-bond donors (Lipinski definition) is 0. The lowest BCUT2D eigenvalue weighted by Crippen LogP contribution is -2.38. The fraction of sp³-hybridized carbons (Fsp3) is 0.579. The van der Waals surface area contributed by atoms with Crippen LogP contribution < -0.4 is 4.90 Å². The van der Waals surface area contributed by atoms with Crippen LogP contribution in [0.25, 0.3) is 0 Å². The lowest BCUT2D eigenvalue weighted by atomic mass is 9.94. The molecular weight excluding hydrogens is 288 g/mol. The summed E-state index contributed by atoms with van der Waals surface area (Å²) in [4.78, 5) is 28.0. The highest BCUT2D eigenvalue weighted by Gasteiger charge is 2.22. The molecule has 0 unspecified atom stereocenters. The molecule has 2 amide bonds. The number of amides is 2. The number of carbonyl (C=O) groups excluding carboxylic acids is 2. The fourth-order valence-corrected chi connectivity index (χ4v) is 3.20. The predicted octanol–water partition coefficient (Wildman–Crippen LogP) is 3.61. The van der Waals surface area contributed by atoms with Crippen molar-refractivity contribution in [1.29, 1.82) is 0 Å². The maximum absolute atomic E-state index is 12.3. The van der Waals surface area contributed by atoms with E-state index in [-0.39, 0.29) is 11.8 Å². The van der Waals surface area contributed by atoms with Gasteiger partial charge in [0.05, 0.1) is 0 Å². The van der Waals surface area contributed by atoms with Crippen LogP contribution in [0, 0.1) is 0 Å². The second kappa shape index (κ2) is 8.70. The SMILES string of the molecule is CN(C(=O)CCCC(=O)N(C)C1CCCCC1)c1ccccc1. The van der Waals surface area contributed by atoms with Gasteiger partial charge in [-0.25, -0.2) is 0 Å². The summed E-state index contributed by atoms with van der Waals surface area (Å²) in [5.74, 6) is 0.233. The Morgan fingerprint density at radius 3 is 2.22 bits per heavy atom. The van der Waals surface area contributed by atoms with Gasteiger partial charge in [0.25, 0.3) is 0 Å². The van der Waals surface area contributed by atoms with Crippen molar-refractivity contribution in [2.45, 2.75) is 57.4 Å². The van der Waals surface area contributed by atoms with E-state index in [0.717, 1.165) is 18.5 Å². The van der Waals surface area contributed by atoms with Crippen LogP contribution in [0.5, 0.6) is 0 Å². The Balaban J connectivity index is 1.73. The molecule has 1 saturated carbocycles. The van der Waals surface area contributed by atoms with E-state index >= 15 is 0 Å². The predicted molar refractivity (Wildman–Crippen MR) is 93.3 cm³/mol. The number of anilines is 1. The molecule has 0 N–H and O–H groups in total. The molecular formula is C19H28N2O2. The van der Waals surface area contributed by atoms with Gasteiger partial charge in [-0.1, -0.05) is 37.5 Å². The lowest BCUT2D eigenvalue weighted by molar-refractivity contribution is -0.132. The number of para-hydroxylation sites is 1. The molecule has 0 aliphatic heterocycles. The molecule has 4 nitrogen and oxygen atoms in total. The molecule has 0 aromatic heterocycles. The Labute approximate surface area is 139 Å². The normalized spacial score (nSPS) is 15.2. The molecule has 1 aliphatic rings. The molecule has 0 radical (unpaired) electrons. The first kappa shape index (κ1) is 17.5. The topological polar surface area (TPSA) is 40.6 Å². The van der Waals surface area contributed by atoms with E-state index in [9.17, 15) is 9.59 Å².